The standard InChI is InChI=1S/C23H22F2N4O2/c24-19-11-18(12-20(25)13-19)23(31)29(10-2-8-26)15-16-4-6-21(7-5-16)28-22(30)17-3-1-9-27-14-17/h1,3-7,9,11-14H,2,8,10,15,26H2,(H,28,30). The number of carbonyl (C=O) groups excluding carboxylic acids is 2. The van der Waals surface area contributed by atoms with Crippen molar-refractivity contribution in [3.63, 3.8) is 0 Å². The Bertz CT molecular complexity index is 1020. The molecule has 3 aromatic rings. The van der Waals surface area contributed by atoms with Gasteiger partial charge in [-0.05, 0) is 54.9 Å². The molecule has 2 aromatic carbocycles. The summed E-state index contributed by atoms with van der Waals surface area (Å²) >= 11 is 0. The molecule has 3 N–H and O–H groups in total. The van der Waals surface area contributed by atoms with Crippen LogP contribution in [0.25, 0.3) is 0 Å². The van der Waals surface area contributed by atoms with Gasteiger partial charge in [-0.2, -0.15) is 0 Å². The molecular weight excluding hydrogens is 402 g/mol. The second kappa shape index (κ2) is 10.4. The molecule has 0 aliphatic rings. The number of hydrogen-bond acceptors (Lipinski definition) is 4. The van der Waals surface area contributed by atoms with E-state index in [0.717, 1.165) is 23.8 Å². The highest BCUT2D eigenvalue weighted by atomic mass is 19.1. The van der Waals surface area contributed by atoms with Gasteiger partial charge in [0, 0.05) is 42.8 Å². The van der Waals surface area contributed by atoms with Gasteiger partial charge in [0.25, 0.3) is 11.8 Å². The van der Waals surface area contributed by atoms with E-state index in [9.17, 15) is 18.4 Å². The molecule has 0 saturated heterocycles. The second-order valence-electron chi connectivity index (χ2n) is 6.92. The summed E-state index contributed by atoms with van der Waals surface area (Å²) < 4.78 is 27.1. The van der Waals surface area contributed by atoms with Crippen LogP contribution in [0, 0.1) is 11.6 Å². The van der Waals surface area contributed by atoms with E-state index in [0.29, 0.717) is 30.8 Å². The van der Waals surface area contributed by atoms with Crippen LogP contribution in [0.2, 0.25) is 0 Å². The molecule has 1 aromatic heterocycles. The summed E-state index contributed by atoms with van der Waals surface area (Å²) in [7, 11) is 0. The molecule has 0 radical (unpaired) electrons. The van der Waals surface area contributed by atoms with E-state index in [2.05, 4.69) is 10.3 Å². The fraction of sp³-hybridized carbons (Fsp3) is 0.174. The zero-order valence-electron chi connectivity index (χ0n) is 16.7. The number of carbonyl (C=O) groups is 2. The molecule has 0 unspecified atom stereocenters. The van der Waals surface area contributed by atoms with Gasteiger partial charge in [0.15, 0.2) is 0 Å². The lowest BCUT2D eigenvalue weighted by Gasteiger charge is -2.23. The zero-order chi connectivity index (χ0) is 22.2. The fourth-order valence-corrected chi connectivity index (χ4v) is 3.01. The van der Waals surface area contributed by atoms with Crippen molar-refractivity contribution in [1.82, 2.24) is 9.88 Å². The van der Waals surface area contributed by atoms with Crippen molar-refractivity contribution in [1.29, 1.82) is 0 Å². The minimum atomic E-state index is -0.809. The Morgan fingerprint density at radius 3 is 2.32 bits per heavy atom. The van der Waals surface area contributed by atoms with Crippen LogP contribution in [0.3, 0.4) is 0 Å². The Morgan fingerprint density at radius 1 is 1.00 bits per heavy atom. The average molecular weight is 424 g/mol. The maximum Gasteiger partial charge on any atom is 0.257 e. The summed E-state index contributed by atoms with van der Waals surface area (Å²) in [5, 5.41) is 2.77. The molecule has 31 heavy (non-hydrogen) atoms. The predicted molar refractivity (Wildman–Crippen MR) is 113 cm³/mol. The van der Waals surface area contributed by atoms with Gasteiger partial charge in [0.05, 0.1) is 5.56 Å². The third-order valence-electron chi connectivity index (χ3n) is 4.54. The first-order chi connectivity index (χ1) is 15.0. The highest BCUT2D eigenvalue weighted by molar-refractivity contribution is 6.04. The quantitative estimate of drug-likeness (QED) is 0.578. The Labute approximate surface area is 178 Å². The van der Waals surface area contributed by atoms with E-state index in [1.54, 1.807) is 42.6 Å². The smallest absolute Gasteiger partial charge is 0.257 e. The van der Waals surface area contributed by atoms with Crippen molar-refractivity contribution in [2.45, 2.75) is 13.0 Å². The molecular formula is C23H22F2N4O2. The molecule has 0 saturated carbocycles. The Hall–Kier alpha value is -3.65. The number of rotatable bonds is 8. The Morgan fingerprint density at radius 2 is 1.71 bits per heavy atom. The first-order valence-electron chi connectivity index (χ1n) is 9.72. The number of anilines is 1. The van der Waals surface area contributed by atoms with Crippen LogP contribution in [0.1, 0.15) is 32.7 Å². The number of nitrogens with one attached hydrogen (secondary N) is 1. The van der Waals surface area contributed by atoms with Crippen molar-refractivity contribution >= 4 is 17.5 Å². The van der Waals surface area contributed by atoms with Crippen LogP contribution < -0.4 is 11.1 Å². The monoisotopic (exact) mass is 424 g/mol. The first kappa shape index (κ1) is 22.0. The lowest BCUT2D eigenvalue weighted by Crippen LogP contribution is -2.32. The molecule has 0 bridgehead atoms. The summed E-state index contributed by atoms with van der Waals surface area (Å²) in [4.78, 5) is 30.4. The minimum Gasteiger partial charge on any atom is -0.334 e. The molecule has 2 amide bonds. The van der Waals surface area contributed by atoms with Crippen molar-refractivity contribution < 1.29 is 18.4 Å². The van der Waals surface area contributed by atoms with Crippen LogP contribution in [-0.2, 0) is 6.54 Å². The molecule has 0 spiro atoms. The second-order valence-corrected chi connectivity index (χ2v) is 6.92. The van der Waals surface area contributed by atoms with Crippen LogP contribution >= 0.6 is 0 Å². The van der Waals surface area contributed by atoms with Crippen LogP contribution in [-0.4, -0.2) is 34.8 Å². The van der Waals surface area contributed by atoms with Gasteiger partial charge >= 0.3 is 0 Å². The van der Waals surface area contributed by atoms with Crippen LogP contribution in [0.5, 0.6) is 0 Å². The number of amides is 2. The molecule has 0 atom stereocenters. The highest BCUT2D eigenvalue weighted by Gasteiger charge is 2.18. The summed E-state index contributed by atoms with van der Waals surface area (Å²) in [5.41, 5.74) is 7.33. The minimum absolute atomic E-state index is 0.0603. The van der Waals surface area contributed by atoms with Gasteiger partial charge in [-0.25, -0.2) is 8.78 Å². The molecule has 0 fully saturated rings. The number of nitrogens with zero attached hydrogens (tertiary/aromatic N) is 2. The Balaban J connectivity index is 1.71. The van der Waals surface area contributed by atoms with Crippen molar-refractivity contribution in [2.24, 2.45) is 5.73 Å². The van der Waals surface area contributed by atoms with E-state index in [4.69, 9.17) is 5.73 Å². The van der Waals surface area contributed by atoms with Crippen molar-refractivity contribution in [3.8, 4) is 0 Å². The Kier molecular flexibility index (Phi) is 7.40. The zero-order valence-corrected chi connectivity index (χ0v) is 16.7. The van der Waals surface area contributed by atoms with Gasteiger partial charge < -0.3 is 16.0 Å². The molecule has 1 heterocycles. The third-order valence-corrected chi connectivity index (χ3v) is 4.54. The lowest BCUT2D eigenvalue weighted by molar-refractivity contribution is 0.0741. The molecule has 8 heteroatoms. The van der Waals surface area contributed by atoms with E-state index < -0.39 is 17.5 Å². The van der Waals surface area contributed by atoms with Crippen molar-refractivity contribution in [2.75, 3.05) is 18.4 Å². The van der Waals surface area contributed by atoms with Gasteiger partial charge in [-0.3, -0.25) is 14.6 Å². The fourth-order valence-electron chi connectivity index (χ4n) is 3.01. The molecule has 6 nitrogen and oxygen atoms in total. The summed E-state index contributed by atoms with van der Waals surface area (Å²) in [6.45, 7) is 0.946. The third kappa shape index (κ3) is 6.16. The molecule has 0 aliphatic heterocycles. The van der Waals surface area contributed by atoms with E-state index in [1.807, 2.05) is 0 Å². The number of benzene rings is 2. The first-order valence-corrected chi connectivity index (χ1v) is 9.72. The van der Waals surface area contributed by atoms with Gasteiger partial charge in [0.2, 0.25) is 0 Å². The topological polar surface area (TPSA) is 88.3 Å². The summed E-state index contributed by atoms with van der Waals surface area (Å²) in [5.74, 6) is -2.39. The number of hydrogen-bond donors (Lipinski definition) is 2. The summed E-state index contributed by atoms with van der Waals surface area (Å²) in [6, 6.07) is 13.1. The highest BCUT2D eigenvalue weighted by Crippen LogP contribution is 2.16. The normalized spacial score (nSPS) is 10.5. The number of pyridine rings is 1. The number of aromatic nitrogens is 1. The van der Waals surface area contributed by atoms with Crippen LogP contribution in [0.4, 0.5) is 14.5 Å². The summed E-state index contributed by atoms with van der Waals surface area (Å²) in [6.07, 6.45) is 3.60. The largest absolute Gasteiger partial charge is 0.334 e. The van der Waals surface area contributed by atoms with Gasteiger partial charge in [-0.1, -0.05) is 12.1 Å². The number of nitrogens with two attached hydrogens (primary N) is 1. The average Bonchev–Trinajstić information content (AvgIpc) is 2.77. The number of halogens is 2. The molecule has 0 aliphatic carbocycles. The van der Waals surface area contributed by atoms with Gasteiger partial charge in [-0.15, -0.1) is 0 Å². The van der Waals surface area contributed by atoms with E-state index in [1.165, 1.54) is 11.1 Å². The maximum atomic E-state index is 13.5. The maximum absolute atomic E-state index is 13.5. The molecule has 3 rings (SSSR count). The van der Waals surface area contributed by atoms with Crippen molar-refractivity contribution in [3.05, 3.63) is 95.3 Å². The van der Waals surface area contributed by atoms with E-state index in [-0.39, 0.29) is 18.0 Å². The van der Waals surface area contributed by atoms with Gasteiger partial charge in [0.1, 0.15) is 11.6 Å². The van der Waals surface area contributed by atoms with E-state index >= 15 is 0 Å². The SMILES string of the molecule is NCCCN(Cc1ccc(NC(=O)c2cccnc2)cc1)C(=O)c1cc(F)cc(F)c1. The predicted octanol–water partition coefficient (Wildman–Crippen LogP) is 3.60. The molecule has 160 valence electrons. The van der Waals surface area contributed by atoms with Crippen LogP contribution in [0.15, 0.2) is 67.0 Å². The lowest BCUT2D eigenvalue weighted by atomic mass is 10.1.